The molecule has 1 N–H and O–H groups in total. The van der Waals surface area contributed by atoms with Crippen LogP contribution in [0.25, 0.3) is 5.70 Å². The number of hydrogen-bond donors (Lipinski definition) is 1. The average Bonchev–Trinajstić information content (AvgIpc) is 2.62. The van der Waals surface area contributed by atoms with Gasteiger partial charge in [0.1, 0.15) is 4.28 Å². The van der Waals surface area contributed by atoms with Crippen molar-refractivity contribution in [2.75, 3.05) is 0 Å². The molecule has 98 valence electrons. The summed E-state index contributed by atoms with van der Waals surface area (Å²) < 4.78 is 0.232. The van der Waals surface area contributed by atoms with Gasteiger partial charge in [-0.05, 0) is 24.5 Å². The highest BCUT2D eigenvalue weighted by atomic mass is 79.9. The Labute approximate surface area is 130 Å². The minimum Gasteiger partial charge on any atom is -0.363 e. The first-order chi connectivity index (χ1) is 8.47. The molecule has 0 bridgehead atoms. The summed E-state index contributed by atoms with van der Waals surface area (Å²) in [5.74, 6) is 0.630. The summed E-state index contributed by atoms with van der Waals surface area (Å²) in [6.07, 6.45) is 1.06. The number of allylic oxidation sites excluding steroid dienone is 1. The highest BCUT2D eigenvalue weighted by molar-refractivity contribution is 9.11. The normalized spacial score (nSPS) is 19.6. The van der Waals surface area contributed by atoms with Crippen LogP contribution in [-0.4, -0.2) is 4.28 Å². The fourth-order valence-corrected chi connectivity index (χ4v) is 4.18. The van der Waals surface area contributed by atoms with Gasteiger partial charge in [0.2, 0.25) is 0 Å². The van der Waals surface area contributed by atoms with Crippen LogP contribution < -0.4 is 5.32 Å². The third-order valence-corrected chi connectivity index (χ3v) is 5.09. The molecule has 0 saturated heterocycles. The van der Waals surface area contributed by atoms with E-state index in [-0.39, 0.29) is 4.28 Å². The molecule has 18 heavy (non-hydrogen) atoms. The minimum absolute atomic E-state index is 0.232. The van der Waals surface area contributed by atoms with Gasteiger partial charge < -0.3 is 5.32 Å². The molecular weight excluding hydrogens is 353 g/mol. The number of rotatable bonds is 3. The van der Waals surface area contributed by atoms with Crippen LogP contribution in [0.4, 0.5) is 0 Å². The molecule has 2 rings (SSSR count). The fourth-order valence-electron chi connectivity index (χ4n) is 1.82. The third kappa shape index (κ3) is 3.38. The molecule has 5 heteroatoms. The van der Waals surface area contributed by atoms with Crippen molar-refractivity contribution in [3.8, 4) is 0 Å². The van der Waals surface area contributed by atoms with Gasteiger partial charge in [0.15, 0.2) is 0 Å². The maximum Gasteiger partial charge on any atom is 0.133 e. The Morgan fingerprint density at radius 1 is 1.33 bits per heavy atom. The van der Waals surface area contributed by atoms with Crippen LogP contribution in [0.5, 0.6) is 0 Å². The number of thioether (sulfide) groups is 1. The molecule has 1 unspecified atom stereocenters. The van der Waals surface area contributed by atoms with E-state index >= 15 is 0 Å². The summed E-state index contributed by atoms with van der Waals surface area (Å²) in [5, 5.41) is 4.61. The van der Waals surface area contributed by atoms with Crippen molar-refractivity contribution in [3.63, 3.8) is 0 Å². The maximum absolute atomic E-state index is 6.08. The second-order valence-corrected chi connectivity index (χ2v) is 8.14. The lowest BCUT2D eigenvalue weighted by atomic mass is 10.1. The highest BCUT2D eigenvalue weighted by Gasteiger charge is 2.23. The number of halogens is 3. The predicted molar refractivity (Wildman–Crippen MR) is 86.3 cm³/mol. The smallest absolute Gasteiger partial charge is 0.133 e. The molecule has 0 saturated carbocycles. The van der Waals surface area contributed by atoms with Crippen LogP contribution in [-0.2, 0) is 0 Å². The molecular formula is C13H14BrCl2NS. The lowest BCUT2D eigenvalue weighted by Crippen LogP contribution is -2.12. The summed E-state index contributed by atoms with van der Waals surface area (Å²) in [7, 11) is 0. The first-order valence-corrected chi connectivity index (χ1v) is 8.28. The van der Waals surface area contributed by atoms with Crippen molar-refractivity contribution >= 4 is 56.6 Å². The number of hydrogen-bond acceptors (Lipinski definition) is 2. The zero-order valence-corrected chi connectivity index (χ0v) is 14.1. The number of alkyl halides is 1. The fraction of sp³-hybridized carbons (Fsp3) is 0.385. The van der Waals surface area contributed by atoms with Gasteiger partial charge in [0, 0.05) is 10.5 Å². The highest BCUT2D eigenvalue weighted by Crippen LogP contribution is 2.41. The van der Waals surface area contributed by atoms with Crippen LogP contribution in [0, 0.1) is 5.92 Å². The molecule has 1 aliphatic heterocycles. The zero-order chi connectivity index (χ0) is 13.3. The van der Waals surface area contributed by atoms with E-state index in [9.17, 15) is 0 Å². The van der Waals surface area contributed by atoms with Crippen molar-refractivity contribution in [3.05, 3.63) is 38.7 Å². The van der Waals surface area contributed by atoms with Crippen molar-refractivity contribution < 1.29 is 0 Å². The Morgan fingerprint density at radius 3 is 2.67 bits per heavy atom. The second kappa shape index (κ2) is 6.08. The molecule has 0 spiro atoms. The van der Waals surface area contributed by atoms with E-state index in [4.69, 9.17) is 23.2 Å². The molecule has 0 amide bonds. The van der Waals surface area contributed by atoms with Crippen molar-refractivity contribution in [2.24, 2.45) is 5.92 Å². The Morgan fingerprint density at radius 2 is 2.06 bits per heavy atom. The van der Waals surface area contributed by atoms with Gasteiger partial charge in [-0.15, -0.1) is 0 Å². The summed E-state index contributed by atoms with van der Waals surface area (Å²) in [4.78, 5) is 1.37. The van der Waals surface area contributed by atoms with E-state index < -0.39 is 0 Å². The molecule has 1 heterocycles. The molecule has 0 fully saturated rings. The molecule has 0 aromatic heterocycles. The lowest BCUT2D eigenvalue weighted by molar-refractivity contribution is 0.659. The molecule has 0 radical (unpaired) electrons. The van der Waals surface area contributed by atoms with Gasteiger partial charge in [-0.3, -0.25) is 0 Å². The van der Waals surface area contributed by atoms with E-state index in [1.54, 1.807) is 0 Å². The van der Waals surface area contributed by atoms with Crippen LogP contribution in [0.3, 0.4) is 0 Å². The van der Waals surface area contributed by atoms with E-state index in [0.29, 0.717) is 16.0 Å². The minimum atomic E-state index is 0.232. The molecule has 0 aliphatic carbocycles. The Balaban J connectivity index is 2.36. The standard InChI is InChI=1S/C13H14BrCl2NS/c1-7(2)5-11-12(17-13(14)18-11)8-3-4-9(15)10(16)6-8/h3-4,6-7,13,17H,5H2,1-2H3. The zero-order valence-electron chi connectivity index (χ0n) is 10.1. The van der Waals surface area contributed by atoms with E-state index in [0.717, 1.165) is 17.7 Å². The maximum atomic E-state index is 6.08. The van der Waals surface area contributed by atoms with Crippen LogP contribution >= 0.6 is 50.9 Å². The second-order valence-electron chi connectivity index (χ2n) is 4.60. The Kier molecular flexibility index (Phi) is 4.92. The van der Waals surface area contributed by atoms with E-state index in [1.807, 2.05) is 30.0 Å². The third-order valence-electron chi connectivity index (χ3n) is 2.58. The quantitative estimate of drug-likeness (QED) is 0.542. The lowest BCUT2D eigenvalue weighted by Gasteiger charge is -2.10. The van der Waals surface area contributed by atoms with Gasteiger partial charge >= 0.3 is 0 Å². The summed E-state index contributed by atoms with van der Waals surface area (Å²) in [6.45, 7) is 4.45. The monoisotopic (exact) mass is 365 g/mol. The van der Waals surface area contributed by atoms with Gasteiger partial charge in [-0.25, -0.2) is 0 Å². The Hall–Kier alpha value is 0.170. The molecule has 1 atom stereocenters. The van der Waals surface area contributed by atoms with Crippen molar-refractivity contribution in [1.82, 2.24) is 5.32 Å². The molecule has 1 nitrogen and oxygen atoms in total. The van der Waals surface area contributed by atoms with E-state index in [2.05, 4.69) is 35.1 Å². The molecule has 1 aromatic carbocycles. The van der Waals surface area contributed by atoms with Gasteiger partial charge in [0.05, 0.1) is 15.7 Å². The van der Waals surface area contributed by atoms with Crippen LogP contribution in [0.15, 0.2) is 23.1 Å². The predicted octanol–water partition coefficient (Wildman–Crippen LogP) is 5.72. The molecule has 1 aliphatic rings. The largest absolute Gasteiger partial charge is 0.363 e. The van der Waals surface area contributed by atoms with Crippen LogP contribution in [0.2, 0.25) is 10.0 Å². The summed E-state index contributed by atoms with van der Waals surface area (Å²) in [6, 6.07) is 5.76. The summed E-state index contributed by atoms with van der Waals surface area (Å²) in [5.41, 5.74) is 2.25. The SMILES string of the molecule is CC(C)CC1=C(c2ccc(Cl)c(Cl)c2)NC(Br)S1. The van der Waals surface area contributed by atoms with Gasteiger partial charge in [-0.1, -0.05) is 70.8 Å². The number of nitrogens with one attached hydrogen (secondary N) is 1. The summed E-state index contributed by atoms with van der Waals surface area (Å²) >= 11 is 17.4. The first-order valence-electron chi connectivity index (χ1n) is 5.73. The average molecular weight is 367 g/mol. The van der Waals surface area contributed by atoms with Crippen LogP contribution in [0.1, 0.15) is 25.8 Å². The molecule has 1 aromatic rings. The topological polar surface area (TPSA) is 12.0 Å². The first kappa shape index (κ1) is 14.6. The van der Waals surface area contributed by atoms with Gasteiger partial charge in [0.25, 0.3) is 0 Å². The Bertz CT molecular complexity index is 488. The van der Waals surface area contributed by atoms with Crippen molar-refractivity contribution in [2.45, 2.75) is 24.6 Å². The van der Waals surface area contributed by atoms with E-state index in [1.165, 1.54) is 4.91 Å². The van der Waals surface area contributed by atoms with Crippen molar-refractivity contribution in [1.29, 1.82) is 0 Å². The van der Waals surface area contributed by atoms with Gasteiger partial charge in [-0.2, -0.15) is 0 Å². The number of benzene rings is 1.